The number of benzene rings is 2. The fourth-order valence-corrected chi connectivity index (χ4v) is 4.53. The van der Waals surface area contributed by atoms with E-state index in [-0.39, 0.29) is 50.4 Å². The van der Waals surface area contributed by atoms with E-state index < -0.39 is 0 Å². The zero-order valence-electron chi connectivity index (χ0n) is 18.4. The van der Waals surface area contributed by atoms with Crippen LogP contribution in [0.3, 0.4) is 0 Å². The Labute approximate surface area is 202 Å². The molecule has 32 heavy (non-hydrogen) atoms. The van der Waals surface area contributed by atoms with Crippen molar-refractivity contribution < 1.29 is 35.6 Å². The quantitative estimate of drug-likeness (QED) is 0.405. The minimum absolute atomic E-state index is 0. The average molecular weight is 612 g/mol. The van der Waals surface area contributed by atoms with E-state index in [0.717, 1.165) is 35.8 Å². The predicted molar refractivity (Wildman–Crippen MR) is 119 cm³/mol. The first-order chi connectivity index (χ1) is 14.9. The molecule has 1 aliphatic heterocycles. The third-order valence-electron chi connectivity index (χ3n) is 6.06. The maximum absolute atomic E-state index is 10.2. The molecule has 1 saturated carbocycles. The molecule has 7 heteroatoms. The second-order valence-electron chi connectivity index (χ2n) is 9.32. The van der Waals surface area contributed by atoms with E-state index in [2.05, 4.69) is 29.9 Å². The van der Waals surface area contributed by atoms with Gasteiger partial charge in [-0.25, -0.2) is 4.98 Å². The van der Waals surface area contributed by atoms with E-state index in [1.807, 2.05) is 25.1 Å². The Bertz CT molecular complexity index is 1180. The molecule has 0 unspecified atom stereocenters. The van der Waals surface area contributed by atoms with Crippen molar-refractivity contribution in [2.75, 3.05) is 0 Å². The van der Waals surface area contributed by atoms with Crippen molar-refractivity contribution in [3.05, 3.63) is 53.7 Å². The first-order valence-electron chi connectivity index (χ1n) is 10.8. The molecule has 2 atom stereocenters. The Hall–Kier alpha value is -2.46. The van der Waals surface area contributed by atoms with E-state index in [1.54, 1.807) is 18.3 Å². The van der Waals surface area contributed by atoms with Crippen molar-refractivity contribution in [2.24, 2.45) is 10.4 Å². The number of phenols is 1. The Morgan fingerprint density at radius 3 is 2.94 bits per heavy atom. The molecule has 2 aliphatic rings. The van der Waals surface area contributed by atoms with Gasteiger partial charge in [0.15, 0.2) is 0 Å². The van der Waals surface area contributed by atoms with Crippen LogP contribution in [0, 0.1) is 18.4 Å². The zero-order chi connectivity index (χ0) is 21.6. The Morgan fingerprint density at radius 2 is 2.09 bits per heavy atom. The van der Waals surface area contributed by atoms with Crippen molar-refractivity contribution in [1.82, 2.24) is 9.97 Å². The Morgan fingerprint density at radius 1 is 1.25 bits per heavy atom. The fourth-order valence-electron chi connectivity index (χ4n) is 4.53. The van der Waals surface area contributed by atoms with Crippen LogP contribution in [0.4, 0.5) is 0 Å². The van der Waals surface area contributed by atoms with Crippen LogP contribution >= 0.6 is 0 Å². The van der Waals surface area contributed by atoms with E-state index in [4.69, 9.17) is 14.5 Å². The minimum atomic E-state index is 0. The summed E-state index contributed by atoms with van der Waals surface area (Å²) in [6.45, 7) is 6.54. The van der Waals surface area contributed by atoms with Gasteiger partial charge in [-0.3, -0.25) is 4.99 Å². The number of fused-ring (bicyclic) bond motifs is 2. The second kappa shape index (κ2) is 8.82. The summed E-state index contributed by atoms with van der Waals surface area (Å²) in [6, 6.07) is 12.8. The van der Waals surface area contributed by atoms with E-state index in [1.165, 1.54) is 6.42 Å². The zero-order valence-corrected chi connectivity index (χ0v) is 20.6. The molecule has 0 saturated heterocycles. The summed E-state index contributed by atoms with van der Waals surface area (Å²) < 4.78 is 12.1. The first kappa shape index (κ1) is 22.7. The van der Waals surface area contributed by atoms with Crippen molar-refractivity contribution >= 4 is 16.8 Å². The number of aliphatic imine (C=N–C) groups is 1. The normalized spacial score (nSPS) is 21.7. The second-order valence-corrected chi connectivity index (χ2v) is 9.32. The van der Waals surface area contributed by atoms with Crippen molar-refractivity contribution in [3.8, 4) is 17.5 Å². The van der Waals surface area contributed by atoms with Gasteiger partial charge in [-0.1, -0.05) is 25.5 Å². The van der Waals surface area contributed by atoms with E-state index >= 15 is 0 Å². The molecule has 0 spiro atoms. The number of hydrogen-bond acceptors (Lipinski definition) is 6. The monoisotopic (exact) mass is 611 g/mol. The van der Waals surface area contributed by atoms with Crippen LogP contribution in [0.1, 0.15) is 50.7 Å². The molecule has 0 bridgehead atoms. The number of aromatic nitrogens is 2. The first-order valence-corrected chi connectivity index (χ1v) is 10.8. The molecule has 1 aromatic heterocycles. The largest absolute Gasteiger partial charge is 0.515 e. The topological polar surface area (TPSA) is 76.8 Å². The number of aryl methyl sites for hydroxylation is 1. The standard InChI is InChI=1S/C25H26N3O3.Pt/c1-15-10-17-14-26-24(28-22(17)20(29)11-15)30-18-7-4-6-16(12-18)23-27-19-13-25(2,3)9-5-8-21(19)31-23;/h4,6-7,10-11,14,19,21,29H,5,8-9,13H2,1-3H3;/q-1;/t19-,21-;/m0./s1. The van der Waals surface area contributed by atoms with Gasteiger partial charge >= 0.3 is 6.01 Å². The summed E-state index contributed by atoms with van der Waals surface area (Å²) >= 11 is 0. The minimum Gasteiger partial charge on any atom is -0.515 e. The van der Waals surface area contributed by atoms with Crippen molar-refractivity contribution in [1.29, 1.82) is 0 Å². The molecule has 1 fully saturated rings. The van der Waals surface area contributed by atoms with Gasteiger partial charge in [0, 0.05) is 38.4 Å². The van der Waals surface area contributed by atoms with Gasteiger partial charge in [-0.05, 0) is 55.7 Å². The van der Waals surface area contributed by atoms with Gasteiger partial charge in [0.25, 0.3) is 0 Å². The van der Waals surface area contributed by atoms with Crippen molar-refractivity contribution in [2.45, 2.75) is 58.6 Å². The van der Waals surface area contributed by atoms with Crippen LogP contribution < -0.4 is 4.74 Å². The summed E-state index contributed by atoms with van der Waals surface area (Å²) in [4.78, 5) is 13.5. The van der Waals surface area contributed by atoms with Gasteiger partial charge in [0.2, 0.25) is 0 Å². The molecule has 0 amide bonds. The summed E-state index contributed by atoms with van der Waals surface area (Å²) in [5, 5.41) is 11.0. The van der Waals surface area contributed by atoms with Crippen LogP contribution in [0.5, 0.6) is 17.5 Å². The third kappa shape index (κ3) is 4.66. The number of phenolic OH excluding ortho intramolecular Hbond substituents is 1. The molecule has 1 aliphatic carbocycles. The van der Waals surface area contributed by atoms with Gasteiger partial charge in [-0.2, -0.15) is 4.98 Å². The molecule has 3 aromatic rings. The van der Waals surface area contributed by atoms with Gasteiger partial charge in [-0.15, -0.1) is 18.2 Å². The summed E-state index contributed by atoms with van der Waals surface area (Å²) in [7, 11) is 0. The Balaban J connectivity index is 0.00000245. The van der Waals surface area contributed by atoms with Gasteiger partial charge < -0.3 is 14.6 Å². The Kier molecular flexibility index (Phi) is 6.26. The number of rotatable bonds is 3. The molecule has 2 heterocycles. The van der Waals surface area contributed by atoms with Crippen molar-refractivity contribution in [3.63, 3.8) is 0 Å². The molecule has 6 nitrogen and oxygen atoms in total. The molecule has 0 radical (unpaired) electrons. The van der Waals surface area contributed by atoms with Crippen LogP contribution in [0.25, 0.3) is 10.9 Å². The maximum Gasteiger partial charge on any atom is 0.321 e. The number of aromatic hydroxyl groups is 1. The maximum atomic E-state index is 10.2. The molecule has 170 valence electrons. The molecular weight excluding hydrogens is 585 g/mol. The number of ether oxygens (including phenoxy) is 2. The average Bonchev–Trinajstić information content (AvgIpc) is 3.04. The number of nitrogens with zero attached hydrogens (tertiary/aromatic N) is 3. The molecular formula is C25H26N3O3Pt-. The SMILES string of the molecule is Cc1cc(O)c2nc(Oc3[c-]c(C4=N[C@H]5CC(C)(C)CCC[C@@H]5O4)ccc3)ncc2c1.[Pt]. The van der Waals surface area contributed by atoms with Crippen LogP contribution in [0.15, 0.2) is 41.5 Å². The smallest absolute Gasteiger partial charge is 0.321 e. The van der Waals surface area contributed by atoms with Gasteiger partial charge in [0.05, 0.1) is 6.04 Å². The fraction of sp³-hybridized carbons (Fsp3) is 0.400. The summed E-state index contributed by atoms with van der Waals surface area (Å²) in [5.41, 5.74) is 2.45. The van der Waals surface area contributed by atoms with E-state index in [9.17, 15) is 5.11 Å². The molecule has 1 N–H and O–H groups in total. The van der Waals surface area contributed by atoms with Crippen LogP contribution in [-0.2, 0) is 25.8 Å². The van der Waals surface area contributed by atoms with Crippen LogP contribution in [0.2, 0.25) is 0 Å². The summed E-state index contributed by atoms with van der Waals surface area (Å²) in [6.07, 6.45) is 6.23. The number of hydrogen-bond donors (Lipinski definition) is 1. The predicted octanol–water partition coefficient (Wildman–Crippen LogP) is 5.35. The summed E-state index contributed by atoms with van der Waals surface area (Å²) in [5.74, 6) is 1.21. The molecule has 2 aromatic carbocycles. The van der Waals surface area contributed by atoms with E-state index in [0.29, 0.717) is 17.2 Å². The molecule has 5 rings (SSSR count). The third-order valence-corrected chi connectivity index (χ3v) is 6.06. The van der Waals surface area contributed by atoms with Gasteiger partial charge in [0.1, 0.15) is 23.3 Å². The van der Waals surface area contributed by atoms with Crippen LogP contribution in [-0.4, -0.2) is 33.1 Å².